The van der Waals surface area contributed by atoms with Crippen molar-refractivity contribution < 1.29 is 26.3 Å². The molecule has 0 bridgehead atoms. The Balaban J connectivity index is 2.24. The van der Waals surface area contributed by atoms with Crippen LogP contribution in [-0.2, 0) is 15.2 Å². The summed E-state index contributed by atoms with van der Waals surface area (Å²) in [6.07, 6.45) is -1.87. The lowest BCUT2D eigenvalue weighted by molar-refractivity contribution is -0.137. The van der Waals surface area contributed by atoms with E-state index < -0.39 is 20.8 Å². The molecule has 0 radical (unpaired) electrons. The normalized spacial score (nSPS) is 12.4. The van der Waals surface area contributed by atoms with E-state index in [1.165, 1.54) is 12.1 Å². The first-order valence-electron chi connectivity index (χ1n) is 6.41. The minimum Gasteiger partial charge on any atom is -0.494 e. The van der Waals surface area contributed by atoms with Gasteiger partial charge in [0.15, 0.2) is 0 Å². The Morgan fingerprint density at radius 1 is 1.10 bits per heavy atom. The molecule has 0 saturated carbocycles. The second-order valence-electron chi connectivity index (χ2n) is 4.53. The Morgan fingerprint density at radius 3 is 2.38 bits per heavy atom. The van der Waals surface area contributed by atoms with Gasteiger partial charge in [-0.25, -0.2) is 8.42 Å². The Morgan fingerprint density at radius 2 is 1.76 bits per heavy atom. The second kappa shape index (κ2) is 7.89. The third-order valence-electron chi connectivity index (χ3n) is 2.71. The smallest absolute Gasteiger partial charge is 0.416 e. The molecule has 0 spiro atoms. The molecule has 0 aliphatic rings. The fourth-order valence-corrected chi connectivity index (χ4v) is 2.56. The van der Waals surface area contributed by atoms with E-state index >= 15 is 0 Å². The summed E-state index contributed by atoms with van der Waals surface area (Å²) in [5, 5.41) is 0. The molecule has 0 aliphatic carbocycles. The van der Waals surface area contributed by atoms with Gasteiger partial charge in [0, 0.05) is 10.7 Å². The van der Waals surface area contributed by atoms with Crippen LogP contribution < -0.4 is 4.74 Å². The molecule has 1 aromatic carbocycles. The molecule has 0 fully saturated rings. The number of hydrogen-bond acceptors (Lipinski definition) is 3. The van der Waals surface area contributed by atoms with Gasteiger partial charge in [-0.2, -0.15) is 13.2 Å². The standard InChI is InChI=1S/C13H16ClF3O3S/c14-21(18,19)9-4-2-1-3-8-20-12-7-5-6-11(10-12)13(15,16)17/h5-7,10H,1-4,8-9H2. The SMILES string of the molecule is O=S(=O)(Cl)CCCCCCOc1cccc(C(F)(F)F)c1. The molecule has 0 heterocycles. The van der Waals surface area contributed by atoms with Crippen molar-refractivity contribution >= 4 is 19.7 Å². The van der Waals surface area contributed by atoms with Crippen LogP contribution in [0, 0.1) is 0 Å². The molecular weight excluding hydrogens is 329 g/mol. The van der Waals surface area contributed by atoms with Crippen molar-refractivity contribution in [2.24, 2.45) is 0 Å². The number of hydrogen-bond donors (Lipinski definition) is 0. The quantitative estimate of drug-likeness (QED) is 0.524. The van der Waals surface area contributed by atoms with Crippen LogP contribution in [0.2, 0.25) is 0 Å². The summed E-state index contributed by atoms with van der Waals surface area (Å²) >= 11 is 0. The molecule has 0 amide bonds. The van der Waals surface area contributed by atoms with Crippen LogP contribution in [0.25, 0.3) is 0 Å². The fraction of sp³-hybridized carbons (Fsp3) is 0.538. The first kappa shape index (κ1) is 18.1. The summed E-state index contributed by atoms with van der Waals surface area (Å²) in [6, 6.07) is 4.71. The molecule has 1 aromatic rings. The lowest BCUT2D eigenvalue weighted by Crippen LogP contribution is -2.05. The van der Waals surface area contributed by atoms with E-state index in [4.69, 9.17) is 15.4 Å². The summed E-state index contributed by atoms with van der Waals surface area (Å²) in [5.41, 5.74) is -0.743. The Hall–Kier alpha value is -0.950. The number of halogens is 4. The van der Waals surface area contributed by atoms with Crippen molar-refractivity contribution in [1.29, 1.82) is 0 Å². The zero-order valence-electron chi connectivity index (χ0n) is 11.2. The summed E-state index contributed by atoms with van der Waals surface area (Å²) in [4.78, 5) is 0. The summed E-state index contributed by atoms with van der Waals surface area (Å²) in [6.45, 7) is 0.287. The maximum absolute atomic E-state index is 12.5. The third kappa shape index (κ3) is 8.16. The van der Waals surface area contributed by atoms with Crippen molar-refractivity contribution in [3.63, 3.8) is 0 Å². The van der Waals surface area contributed by atoms with Crippen LogP contribution in [-0.4, -0.2) is 20.8 Å². The highest BCUT2D eigenvalue weighted by molar-refractivity contribution is 8.13. The maximum Gasteiger partial charge on any atom is 0.416 e. The van der Waals surface area contributed by atoms with Crippen LogP contribution in [0.4, 0.5) is 13.2 Å². The molecule has 3 nitrogen and oxygen atoms in total. The molecule has 8 heteroatoms. The molecule has 0 unspecified atom stereocenters. The van der Waals surface area contributed by atoms with E-state index in [1.807, 2.05) is 0 Å². The second-order valence-corrected chi connectivity index (χ2v) is 7.43. The van der Waals surface area contributed by atoms with Crippen LogP contribution in [0.15, 0.2) is 24.3 Å². The summed E-state index contributed by atoms with van der Waals surface area (Å²) in [7, 11) is 1.62. The van der Waals surface area contributed by atoms with Crippen molar-refractivity contribution in [2.75, 3.05) is 12.4 Å². The van der Waals surface area contributed by atoms with Gasteiger partial charge in [-0.1, -0.05) is 18.9 Å². The lowest BCUT2D eigenvalue weighted by atomic mass is 10.2. The molecule has 0 atom stereocenters. The van der Waals surface area contributed by atoms with Crippen LogP contribution >= 0.6 is 10.7 Å². The number of rotatable bonds is 8. The number of benzene rings is 1. The monoisotopic (exact) mass is 344 g/mol. The number of unbranched alkanes of at least 4 members (excludes halogenated alkanes) is 3. The average molecular weight is 345 g/mol. The van der Waals surface area contributed by atoms with Gasteiger partial charge in [-0.05, 0) is 31.0 Å². The highest BCUT2D eigenvalue weighted by Crippen LogP contribution is 2.31. The fourth-order valence-electron chi connectivity index (χ4n) is 1.68. The largest absolute Gasteiger partial charge is 0.494 e. The highest BCUT2D eigenvalue weighted by Gasteiger charge is 2.30. The Bertz CT molecular complexity index is 544. The van der Waals surface area contributed by atoms with Gasteiger partial charge in [0.05, 0.1) is 17.9 Å². The van der Waals surface area contributed by atoms with Gasteiger partial charge < -0.3 is 4.74 Å². The molecular formula is C13H16ClF3O3S. The highest BCUT2D eigenvalue weighted by atomic mass is 35.7. The van der Waals surface area contributed by atoms with E-state index in [9.17, 15) is 21.6 Å². The minimum atomic E-state index is -4.38. The molecule has 120 valence electrons. The number of ether oxygens (including phenoxy) is 1. The molecule has 0 aliphatic heterocycles. The molecule has 0 saturated heterocycles. The molecule has 1 rings (SSSR count). The Labute approximate surface area is 126 Å². The third-order valence-corrected chi connectivity index (χ3v) is 3.95. The first-order valence-corrected chi connectivity index (χ1v) is 8.89. The van der Waals surface area contributed by atoms with E-state index in [2.05, 4.69) is 0 Å². The van der Waals surface area contributed by atoms with Crippen molar-refractivity contribution in [2.45, 2.75) is 31.9 Å². The van der Waals surface area contributed by atoms with Crippen molar-refractivity contribution in [1.82, 2.24) is 0 Å². The van der Waals surface area contributed by atoms with Gasteiger partial charge >= 0.3 is 6.18 Å². The summed E-state index contributed by atoms with van der Waals surface area (Å²) < 4.78 is 64.0. The van der Waals surface area contributed by atoms with E-state index in [0.717, 1.165) is 18.6 Å². The van der Waals surface area contributed by atoms with Gasteiger partial charge in [-0.15, -0.1) is 0 Å². The molecule has 21 heavy (non-hydrogen) atoms. The average Bonchev–Trinajstić information content (AvgIpc) is 2.35. The van der Waals surface area contributed by atoms with Gasteiger partial charge in [0.1, 0.15) is 5.75 Å². The van der Waals surface area contributed by atoms with E-state index in [-0.39, 0.29) is 18.1 Å². The van der Waals surface area contributed by atoms with Gasteiger partial charge in [0.2, 0.25) is 9.05 Å². The van der Waals surface area contributed by atoms with Crippen molar-refractivity contribution in [3.05, 3.63) is 29.8 Å². The van der Waals surface area contributed by atoms with Gasteiger partial charge in [0.25, 0.3) is 0 Å². The predicted octanol–water partition coefficient (Wildman–Crippen LogP) is 4.21. The molecule has 0 aromatic heterocycles. The van der Waals surface area contributed by atoms with Crippen LogP contribution in [0.3, 0.4) is 0 Å². The van der Waals surface area contributed by atoms with E-state index in [0.29, 0.717) is 19.3 Å². The van der Waals surface area contributed by atoms with E-state index in [1.54, 1.807) is 0 Å². The minimum absolute atomic E-state index is 0.0664. The predicted molar refractivity (Wildman–Crippen MR) is 75.0 cm³/mol. The maximum atomic E-state index is 12.5. The van der Waals surface area contributed by atoms with Gasteiger partial charge in [-0.3, -0.25) is 0 Å². The zero-order chi connectivity index (χ0) is 15.9. The summed E-state index contributed by atoms with van der Waals surface area (Å²) in [5.74, 6) is 0.108. The first-order chi connectivity index (χ1) is 9.68. The lowest BCUT2D eigenvalue weighted by Gasteiger charge is -2.10. The van der Waals surface area contributed by atoms with Crippen LogP contribution in [0.5, 0.6) is 5.75 Å². The molecule has 0 N–H and O–H groups in total. The van der Waals surface area contributed by atoms with Crippen molar-refractivity contribution in [3.8, 4) is 5.75 Å². The van der Waals surface area contributed by atoms with Crippen LogP contribution in [0.1, 0.15) is 31.2 Å². The topological polar surface area (TPSA) is 43.4 Å². The number of alkyl halides is 3. The Kier molecular flexibility index (Phi) is 6.80. The zero-order valence-corrected chi connectivity index (χ0v) is 12.8.